The molecule has 0 fully saturated rings. The van der Waals surface area contributed by atoms with Crippen LogP contribution < -0.4 is 5.32 Å². The molecule has 2 aromatic rings. The summed E-state index contributed by atoms with van der Waals surface area (Å²) in [5, 5.41) is 2.19. The van der Waals surface area contributed by atoms with Crippen LogP contribution in [-0.2, 0) is 0 Å². The van der Waals surface area contributed by atoms with Crippen LogP contribution in [0.4, 0.5) is 18.9 Å². The molecule has 2 aromatic carbocycles. The third-order valence-electron chi connectivity index (χ3n) is 2.45. The molecule has 2 nitrogen and oxygen atoms in total. The molecule has 2 rings (SSSR count). The lowest BCUT2D eigenvalue weighted by Crippen LogP contribution is -2.15. The van der Waals surface area contributed by atoms with Gasteiger partial charge in [-0.2, -0.15) is 0 Å². The Hall–Kier alpha value is -1.34. The van der Waals surface area contributed by atoms with Crippen LogP contribution in [0.5, 0.6) is 0 Å². The highest BCUT2D eigenvalue weighted by Gasteiger charge is 2.16. The van der Waals surface area contributed by atoms with Crippen molar-refractivity contribution in [1.82, 2.24) is 0 Å². The minimum atomic E-state index is -0.950. The molecule has 0 saturated carbocycles. The summed E-state index contributed by atoms with van der Waals surface area (Å²) in [5.41, 5.74) is -0.498. The van der Waals surface area contributed by atoms with E-state index in [4.69, 9.17) is 0 Å². The molecule has 0 aromatic heterocycles. The summed E-state index contributed by atoms with van der Waals surface area (Å²) in [4.78, 5) is 11.9. The Morgan fingerprint density at radius 3 is 2.40 bits per heavy atom. The molecule has 0 atom stereocenters. The summed E-state index contributed by atoms with van der Waals surface area (Å²) in [6.45, 7) is 0. The van der Waals surface area contributed by atoms with E-state index in [-0.39, 0.29) is 20.2 Å². The van der Waals surface area contributed by atoms with Gasteiger partial charge in [-0.25, -0.2) is 13.2 Å². The second-order valence-corrected chi connectivity index (χ2v) is 5.51. The smallest absolute Gasteiger partial charge is 0.258 e. The van der Waals surface area contributed by atoms with E-state index in [1.54, 1.807) is 0 Å². The van der Waals surface area contributed by atoms with E-state index in [0.717, 1.165) is 6.07 Å². The van der Waals surface area contributed by atoms with Crippen LogP contribution in [0.25, 0.3) is 0 Å². The van der Waals surface area contributed by atoms with Crippen molar-refractivity contribution in [3.63, 3.8) is 0 Å². The Morgan fingerprint density at radius 2 is 1.70 bits per heavy atom. The predicted octanol–water partition coefficient (Wildman–Crippen LogP) is 4.88. The Labute approximate surface area is 129 Å². The first-order valence-electron chi connectivity index (χ1n) is 5.30. The molecule has 0 aliphatic rings. The molecular formula is C13H6Br2F3NO. The molecule has 0 saturated heterocycles. The van der Waals surface area contributed by atoms with Crippen LogP contribution in [0.2, 0.25) is 0 Å². The van der Waals surface area contributed by atoms with Gasteiger partial charge in [0.15, 0.2) is 0 Å². The van der Waals surface area contributed by atoms with Crippen molar-refractivity contribution in [2.45, 2.75) is 0 Å². The normalized spacial score (nSPS) is 10.4. The van der Waals surface area contributed by atoms with Gasteiger partial charge < -0.3 is 5.32 Å². The van der Waals surface area contributed by atoms with Crippen molar-refractivity contribution in [2.24, 2.45) is 0 Å². The number of benzene rings is 2. The van der Waals surface area contributed by atoms with Gasteiger partial charge >= 0.3 is 0 Å². The van der Waals surface area contributed by atoms with Crippen molar-refractivity contribution in [1.29, 1.82) is 0 Å². The average molecular weight is 409 g/mol. The topological polar surface area (TPSA) is 29.1 Å². The number of carbonyl (C=O) groups excluding carboxylic acids is 1. The highest BCUT2D eigenvalue weighted by atomic mass is 79.9. The number of rotatable bonds is 2. The first-order chi connectivity index (χ1) is 9.40. The van der Waals surface area contributed by atoms with E-state index in [1.807, 2.05) is 0 Å². The molecular weight excluding hydrogens is 403 g/mol. The molecule has 0 heterocycles. The maximum absolute atomic E-state index is 13.7. The molecule has 1 amide bonds. The lowest BCUT2D eigenvalue weighted by atomic mass is 10.2. The van der Waals surface area contributed by atoms with Crippen molar-refractivity contribution >= 4 is 43.5 Å². The second-order valence-electron chi connectivity index (χ2n) is 3.80. The standard InChI is InChI=1S/C13H6Br2F3NO/c14-7-3-1-2-6(12(7)18)13(20)19-11-4-8(15)9(16)5-10(11)17/h1-5H,(H,19,20). The fourth-order valence-corrected chi connectivity index (χ4v) is 2.20. The second kappa shape index (κ2) is 5.97. The van der Waals surface area contributed by atoms with Gasteiger partial charge in [0.05, 0.1) is 20.2 Å². The van der Waals surface area contributed by atoms with E-state index in [1.165, 1.54) is 18.2 Å². The predicted molar refractivity (Wildman–Crippen MR) is 76.1 cm³/mol. The van der Waals surface area contributed by atoms with Crippen molar-refractivity contribution in [3.05, 3.63) is 62.3 Å². The molecule has 0 aliphatic carbocycles. The SMILES string of the molecule is O=C(Nc1cc(Br)c(F)cc1F)c1cccc(Br)c1F. The highest BCUT2D eigenvalue weighted by Crippen LogP contribution is 2.25. The summed E-state index contributed by atoms with van der Waals surface area (Å²) in [6.07, 6.45) is 0. The lowest BCUT2D eigenvalue weighted by molar-refractivity contribution is 0.102. The van der Waals surface area contributed by atoms with Crippen LogP contribution in [0.15, 0.2) is 39.3 Å². The van der Waals surface area contributed by atoms with Crippen molar-refractivity contribution in [3.8, 4) is 0 Å². The van der Waals surface area contributed by atoms with Gasteiger partial charge in [0.1, 0.15) is 17.5 Å². The minimum absolute atomic E-state index is 0.0103. The summed E-state index contributed by atoms with van der Waals surface area (Å²) in [6, 6.07) is 5.85. The zero-order chi connectivity index (χ0) is 14.9. The summed E-state index contributed by atoms with van der Waals surface area (Å²) in [5.74, 6) is -3.34. The molecule has 0 spiro atoms. The lowest BCUT2D eigenvalue weighted by Gasteiger charge is -2.08. The van der Waals surface area contributed by atoms with Gasteiger partial charge in [0.25, 0.3) is 5.91 Å². The Morgan fingerprint density at radius 1 is 1.00 bits per heavy atom. The quantitative estimate of drug-likeness (QED) is 0.705. The number of carbonyl (C=O) groups is 1. The molecule has 0 unspecified atom stereocenters. The minimum Gasteiger partial charge on any atom is -0.319 e. The summed E-state index contributed by atoms with van der Waals surface area (Å²) in [7, 11) is 0. The molecule has 20 heavy (non-hydrogen) atoms. The Kier molecular flexibility index (Phi) is 4.49. The number of nitrogens with one attached hydrogen (secondary N) is 1. The third-order valence-corrected chi connectivity index (χ3v) is 3.67. The van der Waals surface area contributed by atoms with Gasteiger partial charge in [-0.3, -0.25) is 4.79 Å². The zero-order valence-corrected chi connectivity index (χ0v) is 12.9. The highest BCUT2D eigenvalue weighted by molar-refractivity contribution is 9.10. The van der Waals surface area contributed by atoms with E-state index in [0.29, 0.717) is 6.07 Å². The first kappa shape index (κ1) is 15.1. The molecule has 104 valence electrons. The fraction of sp³-hybridized carbons (Fsp3) is 0. The maximum atomic E-state index is 13.7. The molecule has 1 N–H and O–H groups in total. The van der Waals surface area contributed by atoms with Gasteiger partial charge in [-0.15, -0.1) is 0 Å². The number of hydrogen-bond donors (Lipinski definition) is 1. The van der Waals surface area contributed by atoms with Gasteiger partial charge in [0, 0.05) is 6.07 Å². The molecule has 0 radical (unpaired) electrons. The molecule has 0 aliphatic heterocycles. The number of amides is 1. The van der Waals surface area contributed by atoms with Gasteiger partial charge in [-0.05, 0) is 50.1 Å². The summed E-state index contributed by atoms with van der Waals surface area (Å²) >= 11 is 5.83. The maximum Gasteiger partial charge on any atom is 0.258 e. The monoisotopic (exact) mass is 407 g/mol. The third kappa shape index (κ3) is 3.04. The van der Waals surface area contributed by atoms with E-state index in [9.17, 15) is 18.0 Å². The van der Waals surface area contributed by atoms with Crippen LogP contribution in [0, 0.1) is 17.5 Å². The number of halogens is 5. The Balaban J connectivity index is 2.33. The van der Waals surface area contributed by atoms with E-state index in [2.05, 4.69) is 37.2 Å². The fourth-order valence-electron chi connectivity index (χ4n) is 1.49. The molecule has 0 bridgehead atoms. The zero-order valence-electron chi connectivity index (χ0n) is 9.68. The summed E-state index contributed by atoms with van der Waals surface area (Å²) < 4.78 is 40.4. The Bertz CT molecular complexity index is 692. The molecule has 7 heteroatoms. The van der Waals surface area contributed by atoms with E-state index < -0.39 is 23.4 Å². The van der Waals surface area contributed by atoms with Crippen LogP contribution >= 0.6 is 31.9 Å². The number of hydrogen-bond acceptors (Lipinski definition) is 1. The van der Waals surface area contributed by atoms with Crippen LogP contribution in [0.3, 0.4) is 0 Å². The number of anilines is 1. The average Bonchev–Trinajstić information content (AvgIpc) is 2.39. The van der Waals surface area contributed by atoms with Crippen molar-refractivity contribution < 1.29 is 18.0 Å². The largest absolute Gasteiger partial charge is 0.319 e. The van der Waals surface area contributed by atoms with Crippen LogP contribution in [-0.4, -0.2) is 5.91 Å². The van der Waals surface area contributed by atoms with Gasteiger partial charge in [-0.1, -0.05) is 6.07 Å². The van der Waals surface area contributed by atoms with Crippen LogP contribution in [0.1, 0.15) is 10.4 Å². The van der Waals surface area contributed by atoms with Crippen molar-refractivity contribution in [2.75, 3.05) is 5.32 Å². The first-order valence-corrected chi connectivity index (χ1v) is 6.88. The van der Waals surface area contributed by atoms with Gasteiger partial charge in [0.2, 0.25) is 0 Å². The van der Waals surface area contributed by atoms with E-state index >= 15 is 0 Å².